The van der Waals surface area contributed by atoms with Gasteiger partial charge in [0.25, 0.3) is 0 Å². The van der Waals surface area contributed by atoms with Gasteiger partial charge in [0.1, 0.15) is 18.2 Å². The highest BCUT2D eigenvalue weighted by Gasteiger charge is 2.07. The molecule has 18 heavy (non-hydrogen) atoms. The van der Waals surface area contributed by atoms with Gasteiger partial charge in [0, 0.05) is 16.6 Å². The highest BCUT2D eigenvalue weighted by atomic mass is 79.9. The van der Waals surface area contributed by atoms with Gasteiger partial charge in [0.2, 0.25) is 0 Å². The summed E-state index contributed by atoms with van der Waals surface area (Å²) in [5.74, 6) is -0.172. The van der Waals surface area contributed by atoms with Crippen molar-refractivity contribution in [3.05, 3.63) is 57.3 Å². The van der Waals surface area contributed by atoms with Crippen molar-refractivity contribution in [2.45, 2.75) is 6.61 Å². The standard InChI is InChI=1S/C13H10BrClFNO/c14-9-3-1-8(2-4-9)7-18-13-5-10(15)11(16)6-12(13)17/h1-6H,7,17H2. The molecule has 0 saturated carbocycles. The number of rotatable bonds is 3. The van der Waals surface area contributed by atoms with E-state index in [-0.39, 0.29) is 10.7 Å². The minimum absolute atomic E-state index is 0.00462. The maximum Gasteiger partial charge on any atom is 0.144 e. The van der Waals surface area contributed by atoms with Crippen LogP contribution in [0.4, 0.5) is 10.1 Å². The van der Waals surface area contributed by atoms with Crippen molar-refractivity contribution in [1.29, 1.82) is 0 Å². The van der Waals surface area contributed by atoms with E-state index >= 15 is 0 Å². The van der Waals surface area contributed by atoms with Crippen LogP contribution in [0.25, 0.3) is 0 Å². The van der Waals surface area contributed by atoms with E-state index < -0.39 is 5.82 Å². The van der Waals surface area contributed by atoms with Gasteiger partial charge in [-0.05, 0) is 17.7 Å². The molecule has 0 aliphatic rings. The van der Waals surface area contributed by atoms with Crippen molar-refractivity contribution in [3.8, 4) is 5.75 Å². The van der Waals surface area contributed by atoms with Gasteiger partial charge in [-0.1, -0.05) is 39.7 Å². The predicted octanol–water partition coefficient (Wildman–Crippen LogP) is 4.40. The summed E-state index contributed by atoms with van der Waals surface area (Å²) in [5, 5.41) is -0.00462. The zero-order chi connectivity index (χ0) is 13.1. The first-order valence-electron chi connectivity index (χ1n) is 5.18. The maximum atomic E-state index is 13.1. The normalized spacial score (nSPS) is 10.4. The fourth-order valence-corrected chi connectivity index (χ4v) is 1.83. The average molecular weight is 331 g/mol. The molecule has 0 atom stereocenters. The van der Waals surface area contributed by atoms with E-state index in [2.05, 4.69) is 15.9 Å². The van der Waals surface area contributed by atoms with Gasteiger partial charge in [-0.3, -0.25) is 0 Å². The molecule has 2 nitrogen and oxygen atoms in total. The third kappa shape index (κ3) is 3.15. The van der Waals surface area contributed by atoms with E-state index in [9.17, 15) is 4.39 Å². The zero-order valence-electron chi connectivity index (χ0n) is 9.29. The molecule has 0 saturated heterocycles. The van der Waals surface area contributed by atoms with Crippen LogP contribution in [-0.2, 0) is 6.61 Å². The van der Waals surface area contributed by atoms with E-state index in [1.807, 2.05) is 24.3 Å². The van der Waals surface area contributed by atoms with E-state index in [4.69, 9.17) is 22.1 Å². The number of anilines is 1. The fourth-order valence-electron chi connectivity index (χ4n) is 1.41. The minimum Gasteiger partial charge on any atom is -0.487 e. The predicted molar refractivity (Wildman–Crippen MR) is 74.3 cm³/mol. The summed E-state index contributed by atoms with van der Waals surface area (Å²) in [5.41, 5.74) is 6.86. The summed E-state index contributed by atoms with van der Waals surface area (Å²) in [6.07, 6.45) is 0. The molecule has 0 fully saturated rings. The van der Waals surface area contributed by atoms with E-state index in [1.165, 1.54) is 6.07 Å². The van der Waals surface area contributed by atoms with E-state index in [0.717, 1.165) is 16.1 Å². The summed E-state index contributed by atoms with van der Waals surface area (Å²) >= 11 is 9.02. The van der Waals surface area contributed by atoms with Crippen molar-refractivity contribution in [3.63, 3.8) is 0 Å². The molecule has 94 valence electrons. The second kappa shape index (κ2) is 5.59. The van der Waals surface area contributed by atoms with E-state index in [1.54, 1.807) is 0 Å². The molecule has 0 bridgehead atoms. The monoisotopic (exact) mass is 329 g/mol. The van der Waals surface area contributed by atoms with Gasteiger partial charge >= 0.3 is 0 Å². The third-order valence-corrected chi connectivity index (χ3v) is 3.18. The molecule has 0 aliphatic heterocycles. The topological polar surface area (TPSA) is 35.2 Å². The van der Waals surface area contributed by atoms with Gasteiger partial charge in [-0.25, -0.2) is 4.39 Å². The molecule has 2 aromatic carbocycles. The molecular weight excluding hydrogens is 321 g/mol. The Morgan fingerprint density at radius 3 is 2.56 bits per heavy atom. The number of nitrogen functional groups attached to an aromatic ring is 1. The lowest BCUT2D eigenvalue weighted by molar-refractivity contribution is 0.307. The van der Waals surface area contributed by atoms with Crippen molar-refractivity contribution in [2.24, 2.45) is 0 Å². The third-order valence-electron chi connectivity index (χ3n) is 2.36. The van der Waals surface area contributed by atoms with Crippen LogP contribution in [0.15, 0.2) is 40.9 Å². The highest BCUT2D eigenvalue weighted by Crippen LogP contribution is 2.29. The highest BCUT2D eigenvalue weighted by molar-refractivity contribution is 9.10. The molecule has 0 aliphatic carbocycles. The largest absolute Gasteiger partial charge is 0.487 e. The van der Waals surface area contributed by atoms with Crippen LogP contribution in [-0.4, -0.2) is 0 Å². The van der Waals surface area contributed by atoms with Crippen LogP contribution in [0.5, 0.6) is 5.75 Å². The number of ether oxygens (including phenoxy) is 1. The first-order valence-corrected chi connectivity index (χ1v) is 6.35. The van der Waals surface area contributed by atoms with E-state index in [0.29, 0.717) is 12.4 Å². The quantitative estimate of drug-likeness (QED) is 0.846. The molecule has 2 rings (SSSR count). The Hall–Kier alpha value is -1.26. The zero-order valence-corrected chi connectivity index (χ0v) is 11.6. The lowest BCUT2D eigenvalue weighted by Gasteiger charge is -2.10. The Labute approximate surface area is 118 Å². The number of hydrogen-bond donors (Lipinski definition) is 1. The molecule has 0 radical (unpaired) electrons. The van der Waals surface area contributed by atoms with Gasteiger partial charge in [-0.15, -0.1) is 0 Å². The second-order valence-electron chi connectivity index (χ2n) is 3.72. The average Bonchev–Trinajstić information content (AvgIpc) is 2.34. The summed E-state index contributed by atoms with van der Waals surface area (Å²) in [7, 11) is 0. The molecule has 0 aromatic heterocycles. The first-order chi connectivity index (χ1) is 8.56. The lowest BCUT2D eigenvalue weighted by atomic mass is 10.2. The number of benzene rings is 2. The van der Waals surface area contributed by atoms with Crippen LogP contribution >= 0.6 is 27.5 Å². The van der Waals surface area contributed by atoms with Gasteiger partial charge < -0.3 is 10.5 Å². The molecular formula is C13H10BrClFNO. The Balaban J connectivity index is 2.10. The SMILES string of the molecule is Nc1cc(F)c(Cl)cc1OCc1ccc(Br)cc1. The molecule has 0 heterocycles. The summed E-state index contributed by atoms with van der Waals surface area (Å²) in [6.45, 7) is 0.347. The molecule has 0 spiro atoms. The minimum atomic E-state index is -0.551. The van der Waals surface area contributed by atoms with Gasteiger partial charge in [-0.2, -0.15) is 0 Å². The van der Waals surface area contributed by atoms with Crippen LogP contribution in [0.3, 0.4) is 0 Å². The summed E-state index contributed by atoms with van der Waals surface area (Å²) in [6, 6.07) is 10.2. The van der Waals surface area contributed by atoms with Crippen molar-refractivity contribution in [1.82, 2.24) is 0 Å². The summed E-state index contributed by atoms with van der Waals surface area (Å²) < 4.78 is 19.6. The van der Waals surface area contributed by atoms with Gasteiger partial charge in [0.15, 0.2) is 0 Å². The Bertz CT molecular complexity index is 560. The van der Waals surface area contributed by atoms with Crippen molar-refractivity contribution >= 4 is 33.2 Å². The number of hydrogen-bond acceptors (Lipinski definition) is 2. The summed E-state index contributed by atoms with van der Waals surface area (Å²) in [4.78, 5) is 0. The smallest absolute Gasteiger partial charge is 0.144 e. The van der Waals surface area contributed by atoms with Crippen LogP contribution in [0.2, 0.25) is 5.02 Å². The molecule has 2 aromatic rings. The molecule has 0 unspecified atom stereocenters. The van der Waals surface area contributed by atoms with Crippen molar-refractivity contribution < 1.29 is 9.13 Å². The first kappa shape index (κ1) is 13.2. The Morgan fingerprint density at radius 1 is 1.22 bits per heavy atom. The fraction of sp³-hybridized carbons (Fsp3) is 0.0769. The Morgan fingerprint density at radius 2 is 1.89 bits per heavy atom. The molecule has 5 heteroatoms. The molecule has 0 amide bonds. The van der Waals surface area contributed by atoms with Crippen LogP contribution in [0.1, 0.15) is 5.56 Å². The second-order valence-corrected chi connectivity index (χ2v) is 5.04. The molecule has 2 N–H and O–H groups in total. The number of halogens is 3. The van der Waals surface area contributed by atoms with Gasteiger partial charge in [0.05, 0.1) is 10.7 Å². The Kier molecular flexibility index (Phi) is 4.09. The number of nitrogens with two attached hydrogens (primary N) is 1. The lowest BCUT2D eigenvalue weighted by Crippen LogP contribution is -1.99. The van der Waals surface area contributed by atoms with Crippen LogP contribution in [0, 0.1) is 5.82 Å². The van der Waals surface area contributed by atoms with Crippen molar-refractivity contribution in [2.75, 3.05) is 5.73 Å². The van der Waals surface area contributed by atoms with Crippen LogP contribution < -0.4 is 10.5 Å². The maximum absolute atomic E-state index is 13.1.